The Morgan fingerprint density at radius 1 is 1.10 bits per heavy atom. The van der Waals surface area contributed by atoms with E-state index in [0.29, 0.717) is 52.6 Å². The summed E-state index contributed by atoms with van der Waals surface area (Å²) in [6, 6.07) is 21.9. The van der Waals surface area contributed by atoms with Gasteiger partial charge >= 0.3 is 0 Å². The van der Waals surface area contributed by atoms with Crippen LogP contribution in [0.15, 0.2) is 91.6 Å². The molecule has 2 amide bonds. The average molecular weight is 652 g/mol. The number of aromatic nitrogens is 3. The molecular weight excluding hydrogens is 613 g/mol. The number of hydrogen-bond acceptors (Lipinski definition) is 7. The number of alkyl halides is 1. The van der Waals surface area contributed by atoms with Crippen molar-refractivity contribution in [2.45, 2.75) is 57.2 Å². The zero-order chi connectivity index (χ0) is 33.8. The van der Waals surface area contributed by atoms with Crippen LogP contribution in [0.25, 0.3) is 0 Å². The highest BCUT2D eigenvalue weighted by Crippen LogP contribution is 2.59. The van der Waals surface area contributed by atoms with Crippen molar-refractivity contribution in [2.75, 3.05) is 23.0 Å². The predicted molar refractivity (Wildman–Crippen MR) is 178 cm³/mol. The molecule has 0 aliphatic carbocycles. The van der Waals surface area contributed by atoms with Crippen LogP contribution in [0.3, 0.4) is 0 Å². The van der Waals surface area contributed by atoms with E-state index in [9.17, 15) is 14.7 Å². The number of ether oxygens (including phenoxy) is 2. The number of aliphatic hydroxyl groups is 1. The molecule has 3 aliphatic heterocycles. The summed E-state index contributed by atoms with van der Waals surface area (Å²) in [5.41, 5.74) is 0.269. The number of halogens is 1. The Balaban J connectivity index is 1.24. The van der Waals surface area contributed by atoms with Crippen molar-refractivity contribution in [3.63, 3.8) is 0 Å². The van der Waals surface area contributed by atoms with Crippen molar-refractivity contribution in [1.29, 1.82) is 0 Å². The van der Waals surface area contributed by atoms with Crippen LogP contribution in [0.2, 0.25) is 0 Å². The standard InChI is InChI=1S/C37H38FN5O5/c1-5-18-42-28-16-15-25(43-29-13-9-10-14-30(29)47-22-32(43)44)20-26(28)37(35(42)46)23(2)33(36(3,4)38)31(48-37)17-19-41-21-27(39-40-41)34(45)24-11-7-6-8-12-24/h5-16,20-21,23,31,33-34,45H,1,17-19,22H2,2-4H3/t23-,31+,33-,34-,37+/m1/s1. The lowest BCUT2D eigenvalue weighted by Crippen LogP contribution is -2.45. The molecule has 10 nitrogen and oxygen atoms in total. The zero-order valence-corrected chi connectivity index (χ0v) is 27.1. The first-order valence-electron chi connectivity index (χ1n) is 16.2. The van der Waals surface area contributed by atoms with Crippen LogP contribution in [0.5, 0.6) is 5.75 Å². The van der Waals surface area contributed by atoms with Gasteiger partial charge in [-0.15, -0.1) is 11.7 Å². The van der Waals surface area contributed by atoms with Gasteiger partial charge in [0, 0.05) is 36.2 Å². The van der Waals surface area contributed by atoms with E-state index in [2.05, 4.69) is 16.9 Å². The molecule has 0 radical (unpaired) electrons. The highest BCUT2D eigenvalue weighted by atomic mass is 19.1. The van der Waals surface area contributed by atoms with Gasteiger partial charge in [-0.1, -0.05) is 60.7 Å². The Labute approximate surface area is 278 Å². The average Bonchev–Trinajstić information content (AvgIpc) is 3.74. The molecule has 0 saturated carbocycles. The molecule has 0 bridgehead atoms. The van der Waals surface area contributed by atoms with E-state index in [1.165, 1.54) is 13.8 Å². The van der Waals surface area contributed by atoms with E-state index in [-0.39, 0.29) is 25.0 Å². The van der Waals surface area contributed by atoms with Gasteiger partial charge in [-0.25, -0.2) is 4.39 Å². The molecule has 0 unspecified atom stereocenters. The number of para-hydroxylation sites is 2. The Morgan fingerprint density at radius 2 is 1.85 bits per heavy atom. The summed E-state index contributed by atoms with van der Waals surface area (Å²) in [6.07, 6.45) is 2.06. The van der Waals surface area contributed by atoms with Crippen molar-refractivity contribution in [3.05, 3.63) is 108 Å². The number of nitrogens with zero attached hydrogens (tertiary/aromatic N) is 5. The van der Waals surface area contributed by atoms with Crippen LogP contribution < -0.4 is 14.5 Å². The summed E-state index contributed by atoms with van der Waals surface area (Å²) in [6.45, 7) is 9.22. The molecule has 48 heavy (non-hydrogen) atoms. The minimum atomic E-state index is -1.70. The fourth-order valence-corrected chi connectivity index (χ4v) is 7.75. The molecule has 1 spiro atoms. The van der Waals surface area contributed by atoms with Gasteiger partial charge in [-0.3, -0.25) is 19.2 Å². The van der Waals surface area contributed by atoms with Crippen molar-refractivity contribution in [2.24, 2.45) is 11.8 Å². The SMILES string of the molecule is C=CCN1C(=O)[C@@]2(O[C@@H](CCn3cc([C@H](O)c4ccccc4)nn3)[C@H](C(C)(C)F)[C@H]2C)c2cc(N3C(=O)COc4ccccc43)ccc21. The van der Waals surface area contributed by atoms with Crippen LogP contribution >= 0.6 is 0 Å². The van der Waals surface area contributed by atoms with Gasteiger partial charge in [0.1, 0.15) is 23.2 Å². The van der Waals surface area contributed by atoms with Crippen LogP contribution in [0.1, 0.15) is 50.1 Å². The van der Waals surface area contributed by atoms with E-state index < -0.39 is 35.3 Å². The number of anilines is 3. The van der Waals surface area contributed by atoms with E-state index in [1.807, 2.05) is 67.6 Å². The maximum absolute atomic E-state index is 16.2. The number of aliphatic hydroxyl groups excluding tert-OH is 1. The number of hydrogen-bond donors (Lipinski definition) is 1. The molecule has 3 aliphatic rings. The van der Waals surface area contributed by atoms with Crippen LogP contribution in [-0.4, -0.2) is 56.8 Å². The molecule has 1 aromatic heterocycles. The first-order chi connectivity index (χ1) is 23.0. The maximum Gasteiger partial charge on any atom is 0.269 e. The van der Waals surface area contributed by atoms with Gasteiger partial charge in [0.15, 0.2) is 12.2 Å². The van der Waals surface area contributed by atoms with Crippen molar-refractivity contribution >= 4 is 28.9 Å². The molecule has 3 aromatic carbocycles. The number of benzene rings is 3. The fourth-order valence-electron chi connectivity index (χ4n) is 7.75. The minimum Gasteiger partial charge on any atom is -0.482 e. The number of amides is 2. The zero-order valence-electron chi connectivity index (χ0n) is 27.1. The summed E-state index contributed by atoms with van der Waals surface area (Å²) < 4.78 is 30.4. The Kier molecular flexibility index (Phi) is 7.92. The molecule has 5 atom stereocenters. The highest BCUT2D eigenvalue weighted by molar-refractivity contribution is 6.10. The van der Waals surface area contributed by atoms with Gasteiger partial charge in [0.05, 0.1) is 23.7 Å². The lowest BCUT2D eigenvalue weighted by Gasteiger charge is -2.33. The van der Waals surface area contributed by atoms with Crippen molar-refractivity contribution < 1.29 is 28.6 Å². The normalized spacial score (nSPS) is 24.1. The lowest BCUT2D eigenvalue weighted by atomic mass is 9.71. The second-order valence-electron chi connectivity index (χ2n) is 13.2. The molecular formula is C37H38FN5O5. The second kappa shape index (κ2) is 12.0. The molecule has 248 valence electrons. The summed E-state index contributed by atoms with van der Waals surface area (Å²) in [5.74, 6) is -1.20. The highest BCUT2D eigenvalue weighted by Gasteiger charge is 2.66. The molecule has 11 heteroatoms. The van der Waals surface area contributed by atoms with E-state index in [4.69, 9.17) is 9.47 Å². The molecule has 7 rings (SSSR count). The first kappa shape index (κ1) is 31.7. The van der Waals surface area contributed by atoms with Crippen LogP contribution in [0, 0.1) is 11.8 Å². The third-order valence-electron chi connectivity index (χ3n) is 9.82. The molecule has 4 aromatic rings. The predicted octanol–water partition coefficient (Wildman–Crippen LogP) is 5.63. The monoisotopic (exact) mass is 651 g/mol. The van der Waals surface area contributed by atoms with Crippen molar-refractivity contribution in [1.82, 2.24) is 15.0 Å². The summed E-state index contributed by atoms with van der Waals surface area (Å²) in [5, 5.41) is 19.2. The summed E-state index contributed by atoms with van der Waals surface area (Å²) in [7, 11) is 0. The van der Waals surface area contributed by atoms with Gasteiger partial charge < -0.3 is 19.5 Å². The van der Waals surface area contributed by atoms with Crippen LogP contribution in [-0.2, 0) is 26.5 Å². The maximum atomic E-state index is 16.2. The third kappa shape index (κ3) is 5.09. The Hall–Kier alpha value is -4.87. The van der Waals surface area contributed by atoms with Crippen LogP contribution in [0.4, 0.5) is 21.5 Å². The first-order valence-corrected chi connectivity index (χ1v) is 16.2. The Bertz CT molecular complexity index is 1870. The van der Waals surface area contributed by atoms with Gasteiger partial charge in [0.25, 0.3) is 11.8 Å². The van der Waals surface area contributed by atoms with E-state index in [0.717, 1.165) is 0 Å². The largest absolute Gasteiger partial charge is 0.482 e. The summed E-state index contributed by atoms with van der Waals surface area (Å²) in [4.78, 5) is 31.0. The number of rotatable bonds is 9. The summed E-state index contributed by atoms with van der Waals surface area (Å²) >= 11 is 0. The second-order valence-corrected chi connectivity index (χ2v) is 13.2. The van der Waals surface area contributed by atoms with Gasteiger partial charge in [0.2, 0.25) is 0 Å². The van der Waals surface area contributed by atoms with Gasteiger partial charge in [-0.2, -0.15) is 0 Å². The number of carbonyl (C=O) groups excluding carboxylic acids is 2. The molecule has 4 heterocycles. The molecule has 1 fully saturated rings. The van der Waals surface area contributed by atoms with Gasteiger partial charge in [-0.05, 0) is 56.2 Å². The van der Waals surface area contributed by atoms with Crippen molar-refractivity contribution in [3.8, 4) is 5.75 Å². The smallest absolute Gasteiger partial charge is 0.269 e. The van der Waals surface area contributed by atoms with E-state index >= 15 is 4.39 Å². The number of fused-ring (bicyclic) bond motifs is 3. The number of carbonyl (C=O) groups is 2. The Morgan fingerprint density at radius 3 is 2.60 bits per heavy atom. The number of aryl methyl sites for hydroxylation is 1. The molecule has 1 N–H and O–H groups in total. The topological polar surface area (TPSA) is 110 Å². The van der Waals surface area contributed by atoms with E-state index in [1.54, 1.807) is 38.9 Å². The molecule has 1 saturated heterocycles. The lowest BCUT2D eigenvalue weighted by molar-refractivity contribution is -0.146. The quantitative estimate of drug-likeness (QED) is 0.234. The fraction of sp³-hybridized carbons (Fsp3) is 0.351. The minimum absolute atomic E-state index is 0.125. The third-order valence-corrected chi connectivity index (χ3v) is 9.82.